The first-order chi connectivity index (χ1) is 10.2. The zero-order chi connectivity index (χ0) is 14.4. The topological polar surface area (TPSA) is 55.0 Å². The Morgan fingerprint density at radius 3 is 2.71 bits per heavy atom. The summed E-state index contributed by atoms with van der Waals surface area (Å²) in [7, 11) is 0. The first-order valence-electron chi connectivity index (χ1n) is 7.64. The molecule has 21 heavy (non-hydrogen) atoms. The molecule has 2 aliphatic rings. The molecule has 0 spiro atoms. The monoisotopic (exact) mass is 300 g/mol. The van der Waals surface area contributed by atoms with Crippen LogP contribution in [0, 0.1) is 6.92 Å². The molecule has 0 unspecified atom stereocenters. The molecule has 0 atom stereocenters. The molecular formula is C16H20N4S. The number of hydrogen-bond acceptors (Lipinski definition) is 5. The zero-order valence-corrected chi connectivity index (χ0v) is 13.1. The highest BCUT2D eigenvalue weighted by molar-refractivity contribution is 7.07. The van der Waals surface area contributed by atoms with E-state index in [1.807, 2.05) is 6.92 Å². The molecule has 2 aliphatic carbocycles. The smallest absolute Gasteiger partial charge is 0.137 e. The van der Waals surface area contributed by atoms with Crippen LogP contribution in [0.1, 0.15) is 48.6 Å². The number of hydrogen-bond donors (Lipinski definition) is 1. The van der Waals surface area contributed by atoms with E-state index < -0.39 is 0 Å². The van der Waals surface area contributed by atoms with Gasteiger partial charge in [0.05, 0.1) is 0 Å². The van der Waals surface area contributed by atoms with Crippen LogP contribution in [-0.2, 0) is 6.54 Å². The van der Waals surface area contributed by atoms with E-state index in [1.165, 1.54) is 31.2 Å². The van der Waals surface area contributed by atoms with E-state index in [4.69, 9.17) is 10.7 Å². The third kappa shape index (κ3) is 2.62. The fourth-order valence-electron chi connectivity index (χ4n) is 2.69. The number of thiophene rings is 1. The van der Waals surface area contributed by atoms with Crippen LogP contribution in [0.5, 0.6) is 0 Å². The zero-order valence-electron chi connectivity index (χ0n) is 12.2. The van der Waals surface area contributed by atoms with Gasteiger partial charge in [-0.25, -0.2) is 9.97 Å². The first-order valence-corrected chi connectivity index (χ1v) is 8.58. The second-order valence-electron chi connectivity index (χ2n) is 6.18. The van der Waals surface area contributed by atoms with Gasteiger partial charge in [-0.2, -0.15) is 11.3 Å². The lowest BCUT2D eigenvalue weighted by molar-refractivity contribution is 0.761. The maximum Gasteiger partial charge on any atom is 0.137 e. The molecular weight excluding hydrogens is 280 g/mol. The number of anilines is 2. The molecule has 0 aliphatic heterocycles. The maximum absolute atomic E-state index is 6.14. The molecule has 2 heterocycles. The number of aromatic nitrogens is 2. The van der Waals surface area contributed by atoms with E-state index in [0.29, 0.717) is 17.8 Å². The molecule has 2 fully saturated rings. The Hall–Kier alpha value is -1.62. The average Bonchev–Trinajstić information content (AvgIpc) is 3.39. The van der Waals surface area contributed by atoms with E-state index in [2.05, 4.69) is 26.7 Å². The van der Waals surface area contributed by atoms with Crippen molar-refractivity contribution < 1.29 is 0 Å². The minimum absolute atomic E-state index is 0.536. The molecule has 5 heteroatoms. The average molecular weight is 300 g/mol. The quantitative estimate of drug-likeness (QED) is 0.918. The summed E-state index contributed by atoms with van der Waals surface area (Å²) >= 11 is 1.75. The van der Waals surface area contributed by atoms with Crippen LogP contribution in [0.25, 0.3) is 0 Å². The first kappa shape index (κ1) is 13.1. The van der Waals surface area contributed by atoms with Crippen LogP contribution >= 0.6 is 11.3 Å². The lowest BCUT2D eigenvalue weighted by atomic mass is 10.2. The third-order valence-electron chi connectivity index (χ3n) is 4.31. The van der Waals surface area contributed by atoms with Crippen LogP contribution in [-0.4, -0.2) is 16.0 Å². The highest BCUT2D eigenvalue weighted by atomic mass is 32.1. The highest BCUT2D eigenvalue weighted by Gasteiger charge is 2.34. The number of nitrogens with zero attached hydrogens (tertiary/aromatic N) is 3. The minimum atomic E-state index is 0.536. The molecule has 0 saturated heterocycles. The van der Waals surface area contributed by atoms with Gasteiger partial charge in [0.1, 0.15) is 17.5 Å². The van der Waals surface area contributed by atoms with Crippen LogP contribution in [0.3, 0.4) is 0 Å². The highest BCUT2D eigenvalue weighted by Crippen LogP contribution is 2.41. The Morgan fingerprint density at radius 1 is 1.29 bits per heavy atom. The molecule has 2 N–H and O–H groups in total. The van der Waals surface area contributed by atoms with Gasteiger partial charge in [-0.15, -0.1) is 0 Å². The van der Waals surface area contributed by atoms with Crippen molar-refractivity contribution in [1.29, 1.82) is 0 Å². The van der Waals surface area contributed by atoms with Crippen molar-refractivity contribution in [1.82, 2.24) is 9.97 Å². The fraction of sp³-hybridized carbons (Fsp3) is 0.500. The molecule has 4 rings (SSSR count). The van der Waals surface area contributed by atoms with Crippen LogP contribution in [0.15, 0.2) is 16.8 Å². The summed E-state index contributed by atoms with van der Waals surface area (Å²) in [6, 6.07) is 2.81. The Bertz CT molecular complexity index is 645. The van der Waals surface area contributed by atoms with Crippen molar-refractivity contribution in [2.45, 2.75) is 51.1 Å². The van der Waals surface area contributed by atoms with Crippen LogP contribution in [0.4, 0.5) is 11.6 Å². The maximum atomic E-state index is 6.14. The fourth-order valence-corrected chi connectivity index (χ4v) is 3.35. The number of nitrogens with two attached hydrogens (primary N) is 1. The van der Waals surface area contributed by atoms with Gasteiger partial charge in [-0.05, 0) is 55.0 Å². The molecule has 0 amide bonds. The number of rotatable bonds is 5. The van der Waals surface area contributed by atoms with E-state index in [0.717, 1.165) is 23.8 Å². The van der Waals surface area contributed by atoms with E-state index in [1.54, 1.807) is 11.3 Å². The normalized spacial score (nSPS) is 18.0. The van der Waals surface area contributed by atoms with Gasteiger partial charge in [0.2, 0.25) is 0 Å². The van der Waals surface area contributed by atoms with Crippen molar-refractivity contribution in [3.63, 3.8) is 0 Å². The largest absolute Gasteiger partial charge is 0.383 e. The number of nitrogen functional groups attached to an aromatic ring is 1. The summed E-state index contributed by atoms with van der Waals surface area (Å²) in [4.78, 5) is 11.8. The SMILES string of the molecule is Cc1c(N)nc(C2CC2)nc1N(Cc1ccsc1)C1CC1. The van der Waals surface area contributed by atoms with Gasteiger partial charge < -0.3 is 10.6 Å². The summed E-state index contributed by atoms with van der Waals surface area (Å²) in [6.45, 7) is 2.97. The predicted molar refractivity (Wildman–Crippen MR) is 86.7 cm³/mol. The van der Waals surface area contributed by atoms with Gasteiger partial charge in [0.25, 0.3) is 0 Å². The Morgan fingerprint density at radius 2 is 2.10 bits per heavy atom. The van der Waals surface area contributed by atoms with E-state index >= 15 is 0 Å². The summed E-state index contributed by atoms with van der Waals surface area (Å²) in [5.41, 5.74) is 8.53. The van der Waals surface area contributed by atoms with Crippen LogP contribution < -0.4 is 10.6 Å². The van der Waals surface area contributed by atoms with Crippen molar-refractivity contribution in [3.8, 4) is 0 Å². The minimum Gasteiger partial charge on any atom is -0.383 e. The van der Waals surface area contributed by atoms with Gasteiger partial charge in [0, 0.05) is 24.1 Å². The Balaban J connectivity index is 1.71. The lowest BCUT2D eigenvalue weighted by Gasteiger charge is -2.25. The second kappa shape index (κ2) is 4.98. The molecule has 4 nitrogen and oxygen atoms in total. The summed E-state index contributed by atoms with van der Waals surface area (Å²) in [5, 5.41) is 4.36. The molecule has 2 aromatic heterocycles. The molecule has 0 aromatic carbocycles. The standard InChI is InChI=1S/C16H20N4S/c1-10-14(17)18-15(12-2-3-12)19-16(10)20(13-4-5-13)8-11-6-7-21-9-11/h6-7,9,12-13H,2-5,8H2,1H3,(H2,17,18,19). The van der Waals surface area contributed by atoms with Gasteiger partial charge in [-0.1, -0.05) is 0 Å². The molecule has 110 valence electrons. The van der Waals surface area contributed by atoms with Crippen molar-refractivity contribution in [2.24, 2.45) is 0 Å². The van der Waals surface area contributed by atoms with Gasteiger partial charge >= 0.3 is 0 Å². The van der Waals surface area contributed by atoms with Crippen molar-refractivity contribution in [3.05, 3.63) is 33.8 Å². The Labute approximate surface area is 129 Å². The molecule has 0 bridgehead atoms. The van der Waals surface area contributed by atoms with Crippen LogP contribution in [0.2, 0.25) is 0 Å². The van der Waals surface area contributed by atoms with E-state index in [-0.39, 0.29) is 0 Å². The summed E-state index contributed by atoms with van der Waals surface area (Å²) < 4.78 is 0. The summed E-state index contributed by atoms with van der Waals surface area (Å²) in [6.07, 6.45) is 4.92. The predicted octanol–water partition coefficient (Wildman–Crippen LogP) is 3.48. The van der Waals surface area contributed by atoms with Crippen molar-refractivity contribution >= 4 is 23.0 Å². The molecule has 2 aromatic rings. The Kier molecular flexibility index (Phi) is 3.10. The lowest BCUT2D eigenvalue weighted by Crippen LogP contribution is -2.27. The molecule has 0 radical (unpaired) electrons. The summed E-state index contributed by atoms with van der Waals surface area (Å²) in [5.74, 6) is 3.19. The van der Waals surface area contributed by atoms with Crippen molar-refractivity contribution in [2.75, 3.05) is 10.6 Å². The van der Waals surface area contributed by atoms with Gasteiger partial charge in [-0.3, -0.25) is 0 Å². The van der Waals surface area contributed by atoms with E-state index in [9.17, 15) is 0 Å². The van der Waals surface area contributed by atoms with Gasteiger partial charge in [0.15, 0.2) is 0 Å². The third-order valence-corrected chi connectivity index (χ3v) is 5.04. The second-order valence-corrected chi connectivity index (χ2v) is 6.96. The molecule has 2 saturated carbocycles.